The molecule has 0 bridgehead atoms. The summed E-state index contributed by atoms with van der Waals surface area (Å²) in [6.07, 6.45) is 1.02. The third-order valence-corrected chi connectivity index (χ3v) is 4.77. The minimum absolute atomic E-state index is 0.154. The van der Waals surface area contributed by atoms with Crippen molar-refractivity contribution >= 4 is 5.91 Å². The lowest BCUT2D eigenvalue weighted by Crippen LogP contribution is -2.59. The topological polar surface area (TPSA) is 35.6 Å². The van der Waals surface area contributed by atoms with E-state index in [1.165, 1.54) is 5.56 Å². The molecule has 0 saturated carbocycles. The SMILES string of the molecule is CN1CCCN2C(=O)c3ccccc3C12c1ccccc1.CNC. The van der Waals surface area contributed by atoms with Gasteiger partial charge in [0.05, 0.1) is 0 Å². The minimum Gasteiger partial charge on any atom is -0.323 e. The molecule has 0 aromatic heterocycles. The highest BCUT2D eigenvalue weighted by molar-refractivity contribution is 6.00. The van der Waals surface area contributed by atoms with Crippen LogP contribution in [0.1, 0.15) is 27.9 Å². The maximum Gasteiger partial charge on any atom is 0.256 e. The largest absolute Gasteiger partial charge is 0.323 e. The van der Waals surface area contributed by atoms with E-state index in [4.69, 9.17) is 0 Å². The Bertz CT molecular complexity index is 716. The quantitative estimate of drug-likeness (QED) is 0.876. The van der Waals surface area contributed by atoms with E-state index < -0.39 is 5.66 Å². The molecule has 4 heteroatoms. The summed E-state index contributed by atoms with van der Waals surface area (Å²) in [4.78, 5) is 17.2. The normalized spacial score (nSPS) is 22.5. The van der Waals surface area contributed by atoms with Crippen molar-refractivity contribution < 1.29 is 4.79 Å². The lowest BCUT2D eigenvalue weighted by Gasteiger charge is -2.49. The zero-order valence-corrected chi connectivity index (χ0v) is 14.6. The third kappa shape index (κ3) is 2.34. The van der Waals surface area contributed by atoms with E-state index in [0.717, 1.165) is 30.6 Å². The summed E-state index contributed by atoms with van der Waals surface area (Å²) in [7, 11) is 5.87. The van der Waals surface area contributed by atoms with Crippen molar-refractivity contribution in [2.45, 2.75) is 12.1 Å². The van der Waals surface area contributed by atoms with Crippen LogP contribution in [0.4, 0.5) is 0 Å². The van der Waals surface area contributed by atoms with Gasteiger partial charge in [-0.3, -0.25) is 9.69 Å². The number of nitrogens with zero attached hydrogens (tertiary/aromatic N) is 2. The first-order chi connectivity index (χ1) is 11.7. The second-order valence-corrected chi connectivity index (χ2v) is 6.32. The molecule has 1 unspecified atom stereocenters. The van der Waals surface area contributed by atoms with E-state index in [-0.39, 0.29) is 5.91 Å². The summed E-state index contributed by atoms with van der Waals surface area (Å²) in [5.74, 6) is 0.154. The molecule has 2 aliphatic heterocycles. The van der Waals surface area contributed by atoms with Gasteiger partial charge in [0, 0.05) is 24.2 Å². The van der Waals surface area contributed by atoms with Gasteiger partial charge in [0.2, 0.25) is 0 Å². The highest BCUT2D eigenvalue weighted by atomic mass is 16.2. The second-order valence-electron chi connectivity index (χ2n) is 6.32. The predicted octanol–water partition coefficient (Wildman–Crippen LogP) is 2.51. The molecule has 1 amide bonds. The summed E-state index contributed by atoms with van der Waals surface area (Å²) < 4.78 is 0. The number of carbonyl (C=O) groups is 1. The van der Waals surface area contributed by atoms with Gasteiger partial charge in [-0.2, -0.15) is 0 Å². The lowest BCUT2D eigenvalue weighted by molar-refractivity contribution is -0.0229. The number of nitrogens with one attached hydrogen (secondary N) is 1. The maximum atomic E-state index is 12.9. The summed E-state index contributed by atoms with van der Waals surface area (Å²) >= 11 is 0. The number of rotatable bonds is 1. The molecular weight excluding hydrogens is 298 g/mol. The van der Waals surface area contributed by atoms with Gasteiger partial charge in [0.25, 0.3) is 5.91 Å². The van der Waals surface area contributed by atoms with Crippen LogP contribution in [0.15, 0.2) is 54.6 Å². The highest BCUT2D eigenvalue weighted by Gasteiger charge is 2.54. The van der Waals surface area contributed by atoms with Gasteiger partial charge in [-0.05, 0) is 39.2 Å². The first-order valence-electron chi connectivity index (χ1n) is 8.44. The van der Waals surface area contributed by atoms with Gasteiger partial charge in [-0.25, -0.2) is 0 Å². The fourth-order valence-electron chi connectivity index (χ4n) is 3.92. The van der Waals surface area contributed by atoms with Gasteiger partial charge in [-0.15, -0.1) is 0 Å². The van der Waals surface area contributed by atoms with E-state index in [2.05, 4.69) is 47.6 Å². The average Bonchev–Trinajstić information content (AvgIpc) is 2.88. The zero-order chi connectivity index (χ0) is 17.2. The molecule has 2 aromatic carbocycles. The maximum absolute atomic E-state index is 12.9. The van der Waals surface area contributed by atoms with Crippen molar-refractivity contribution in [2.24, 2.45) is 0 Å². The van der Waals surface area contributed by atoms with E-state index in [1.807, 2.05) is 43.3 Å². The molecular formula is C20H25N3O. The summed E-state index contributed by atoms with van der Waals surface area (Å²) in [5.41, 5.74) is 2.69. The Morgan fingerprint density at radius 1 is 0.958 bits per heavy atom. The van der Waals surface area contributed by atoms with Crippen molar-refractivity contribution in [2.75, 3.05) is 34.2 Å². The number of amides is 1. The molecule has 4 nitrogen and oxygen atoms in total. The second kappa shape index (κ2) is 6.75. The highest BCUT2D eigenvalue weighted by Crippen LogP contribution is 2.47. The van der Waals surface area contributed by atoms with Crippen LogP contribution in [-0.2, 0) is 5.66 Å². The predicted molar refractivity (Wildman–Crippen MR) is 96.9 cm³/mol. The molecule has 0 spiro atoms. The molecule has 1 saturated heterocycles. The van der Waals surface area contributed by atoms with Crippen molar-refractivity contribution in [3.05, 3.63) is 71.3 Å². The van der Waals surface area contributed by atoms with Gasteiger partial charge < -0.3 is 10.2 Å². The van der Waals surface area contributed by atoms with Crippen LogP contribution in [0, 0.1) is 0 Å². The Morgan fingerprint density at radius 3 is 2.29 bits per heavy atom. The Balaban J connectivity index is 0.000000526. The Kier molecular flexibility index (Phi) is 4.69. The van der Waals surface area contributed by atoms with E-state index in [1.54, 1.807) is 0 Å². The molecule has 0 aliphatic carbocycles. The van der Waals surface area contributed by atoms with Crippen LogP contribution < -0.4 is 5.32 Å². The molecule has 0 radical (unpaired) electrons. The van der Waals surface area contributed by atoms with Crippen molar-refractivity contribution in [3.8, 4) is 0 Å². The smallest absolute Gasteiger partial charge is 0.256 e. The molecule has 2 aliphatic rings. The molecule has 2 aromatic rings. The fraction of sp³-hybridized carbons (Fsp3) is 0.350. The van der Waals surface area contributed by atoms with Gasteiger partial charge >= 0.3 is 0 Å². The summed E-state index contributed by atoms with van der Waals surface area (Å²) in [6.45, 7) is 1.81. The first kappa shape index (κ1) is 16.7. The van der Waals surface area contributed by atoms with Crippen LogP contribution in [0.2, 0.25) is 0 Å². The van der Waals surface area contributed by atoms with Gasteiger partial charge in [0.1, 0.15) is 5.66 Å². The summed E-state index contributed by atoms with van der Waals surface area (Å²) in [6, 6.07) is 18.4. The van der Waals surface area contributed by atoms with Crippen molar-refractivity contribution in [1.82, 2.24) is 15.1 Å². The molecule has 24 heavy (non-hydrogen) atoms. The minimum atomic E-state index is -0.437. The lowest BCUT2D eigenvalue weighted by atomic mass is 9.87. The number of benzene rings is 2. The molecule has 1 fully saturated rings. The Morgan fingerprint density at radius 2 is 1.58 bits per heavy atom. The molecule has 4 rings (SSSR count). The Hall–Kier alpha value is -2.17. The van der Waals surface area contributed by atoms with Gasteiger partial charge in [0.15, 0.2) is 0 Å². The average molecular weight is 323 g/mol. The first-order valence-corrected chi connectivity index (χ1v) is 8.44. The number of hydrogen-bond acceptors (Lipinski definition) is 3. The van der Waals surface area contributed by atoms with Crippen LogP contribution in [0.3, 0.4) is 0 Å². The van der Waals surface area contributed by atoms with E-state index >= 15 is 0 Å². The van der Waals surface area contributed by atoms with E-state index in [9.17, 15) is 4.79 Å². The standard InChI is InChI=1S/C18H18N2O.C2H7N/c1-19-12-7-13-20-17(21)15-10-5-6-11-16(15)18(19,20)14-8-3-2-4-9-14;1-3-2/h2-6,8-11H,7,12-13H2,1H3;3H,1-2H3. The van der Waals surface area contributed by atoms with Crippen molar-refractivity contribution in [3.63, 3.8) is 0 Å². The van der Waals surface area contributed by atoms with Crippen molar-refractivity contribution in [1.29, 1.82) is 0 Å². The van der Waals surface area contributed by atoms with Crippen LogP contribution >= 0.6 is 0 Å². The van der Waals surface area contributed by atoms with Gasteiger partial charge in [-0.1, -0.05) is 48.5 Å². The van der Waals surface area contributed by atoms with Crippen LogP contribution in [0.5, 0.6) is 0 Å². The Labute approximate surface area is 144 Å². The third-order valence-electron chi connectivity index (χ3n) is 4.77. The molecule has 1 N–H and O–H groups in total. The molecule has 126 valence electrons. The zero-order valence-electron chi connectivity index (χ0n) is 14.6. The molecule has 1 atom stereocenters. The number of carbonyl (C=O) groups excluding carboxylic acids is 1. The van der Waals surface area contributed by atoms with Crippen LogP contribution in [-0.4, -0.2) is 49.9 Å². The number of hydrogen-bond donors (Lipinski definition) is 1. The fourth-order valence-corrected chi connectivity index (χ4v) is 3.92. The van der Waals surface area contributed by atoms with E-state index in [0.29, 0.717) is 0 Å². The monoisotopic (exact) mass is 323 g/mol. The number of fused-ring (bicyclic) bond motifs is 3. The summed E-state index contributed by atoms with van der Waals surface area (Å²) in [5, 5.41) is 2.75. The molecule has 2 heterocycles. The van der Waals surface area contributed by atoms with Crippen LogP contribution in [0.25, 0.3) is 0 Å².